The van der Waals surface area contributed by atoms with Crippen molar-refractivity contribution in [3.8, 4) is 23.0 Å². The maximum atomic E-state index is 11.9. The van der Waals surface area contributed by atoms with Gasteiger partial charge in [-0.15, -0.1) is 0 Å². The minimum atomic E-state index is -0.788. The van der Waals surface area contributed by atoms with Crippen molar-refractivity contribution in [1.29, 1.82) is 0 Å². The normalized spacial score (nSPS) is 10.2. The average Bonchev–Trinajstić information content (AvgIpc) is 2.65. The fourth-order valence-electron chi connectivity index (χ4n) is 2.09. The van der Waals surface area contributed by atoms with Gasteiger partial charge in [0.15, 0.2) is 0 Å². The van der Waals surface area contributed by atoms with Crippen LogP contribution in [0.3, 0.4) is 0 Å². The summed E-state index contributed by atoms with van der Waals surface area (Å²) in [4.78, 5) is 11.9. The van der Waals surface area contributed by atoms with Crippen LogP contribution in [0.15, 0.2) is 48.5 Å². The molecule has 26 heavy (non-hydrogen) atoms. The van der Waals surface area contributed by atoms with Crippen molar-refractivity contribution < 1.29 is 23.7 Å². The lowest BCUT2D eigenvalue weighted by Crippen LogP contribution is -2.13. The van der Waals surface area contributed by atoms with Gasteiger partial charge in [-0.25, -0.2) is 4.79 Å². The minimum Gasteiger partial charge on any atom is -0.494 e. The third-order valence-corrected chi connectivity index (χ3v) is 3.58. The Morgan fingerprint density at radius 1 is 0.654 bits per heavy atom. The molecule has 0 amide bonds. The number of carbonyl (C=O) groups is 1. The Morgan fingerprint density at radius 3 is 1.35 bits per heavy atom. The van der Waals surface area contributed by atoms with Crippen LogP contribution in [-0.2, 0) is 0 Å². The molecule has 0 spiro atoms. The second-order valence-corrected chi connectivity index (χ2v) is 5.80. The Balaban J connectivity index is 1.78. The molecule has 0 saturated heterocycles. The maximum Gasteiger partial charge on any atom is 0.519 e. The first-order valence-corrected chi connectivity index (χ1v) is 9.06. The third-order valence-electron chi connectivity index (χ3n) is 3.58. The van der Waals surface area contributed by atoms with Gasteiger partial charge in [-0.3, -0.25) is 0 Å². The van der Waals surface area contributed by atoms with Gasteiger partial charge in [0.1, 0.15) is 23.0 Å². The number of rotatable bonds is 10. The number of unbranched alkanes of at least 4 members (excludes halogenated alkanes) is 2. The smallest absolute Gasteiger partial charge is 0.494 e. The zero-order valence-corrected chi connectivity index (χ0v) is 15.4. The molecule has 2 aromatic rings. The van der Waals surface area contributed by atoms with Gasteiger partial charge in [-0.05, 0) is 61.4 Å². The molecule has 0 heterocycles. The molecule has 2 rings (SSSR count). The van der Waals surface area contributed by atoms with Crippen molar-refractivity contribution in [3.63, 3.8) is 0 Å². The highest BCUT2D eigenvalue weighted by molar-refractivity contribution is 5.67. The van der Waals surface area contributed by atoms with Crippen LogP contribution in [0.1, 0.15) is 39.5 Å². The average molecular weight is 358 g/mol. The highest BCUT2D eigenvalue weighted by Crippen LogP contribution is 2.21. The Bertz CT molecular complexity index is 592. The summed E-state index contributed by atoms with van der Waals surface area (Å²) in [5.41, 5.74) is 0. The van der Waals surface area contributed by atoms with Gasteiger partial charge in [0, 0.05) is 0 Å². The molecule has 0 aliphatic rings. The molecular weight excluding hydrogens is 332 g/mol. The summed E-state index contributed by atoms with van der Waals surface area (Å²) in [5, 5.41) is 0. The lowest BCUT2D eigenvalue weighted by molar-refractivity contribution is 0.151. The highest BCUT2D eigenvalue weighted by atomic mass is 16.7. The summed E-state index contributed by atoms with van der Waals surface area (Å²) in [5.74, 6) is 2.30. The number of benzene rings is 2. The van der Waals surface area contributed by atoms with Crippen LogP contribution in [-0.4, -0.2) is 19.4 Å². The van der Waals surface area contributed by atoms with Crippen LogP contribution < -0.4 is 18.9 Å². The van der Waals surface area contributed by atoms with E-state index in [4.69, 9.17) is 18.9 Å². The van der Waals surface area contributed by atoms with E-state index < -0.39 is 6.16 Å². The van der Waals surface area contributed by atoms with E-state index in [0.717, 1.165) is 37.2 Å². The molecule has 0 aliphatic heterocycles. The van der Waals surface area contributed by atoms with E-state index in [1.165, 1.54) is 0 Å². The van der Waals surface area contributed by atoms with Crippen molar-refractivity contribution in [2.45, 2.75) is 39.5 Å². The summed E-state index contributed by atoms with van der Waals surface area (Å²) >= 11 is 0. The van der Waals surface area contributed by atoms with E-state index in [1.54, 1.807) is 48.5 Å². The fraction of sp³-hybridized carbons (Fsp3) is 0.381. The Hall–Kier alpha value is -2.69. The van der Waals surface area contributed by atoms with Gasteiger partial charge in [-0.2, -0.15) is 0 Å². The van der Waals surface area contributed by atoms with Gasteiger partial charge in [0.2, 0.25) is 0 Å². The van der Waals surface area contributed by atoms with E-state index in [1.807, 2.05) is 0 Å². The second kappa shape index (κ2) is 11.0. The first-order valence-electron chi connectivity index (χ1n) is 9.06. The third kappa shape index (κ3) is 7.05. The fourth-order valence-corrected chi connectivity index (χ4v) is 2.09. The Kier molecular flexibility index (Phi) is 8.33. The van der Waals surface area contributed by atoms with Gasteiger partial charge >= 0.3 is 6.16 Å². The lowest BCUT2D eigenvalue weighted by Gasteiger charge is -2.08. The highest BCUT2D eigenvalue weighted by Gasteiger charge is 2.08. The topological polar surface area (TPSA) is 54.0 Å². The van der Waals surface area contributed by atoms with E-state index in [-0.39, 0.29) is 0 Å². The minimum absolute atomic E-state index is 0.400. The maximum absolute atomic E-state index is 11.9. The number of hydrogen-bond donors (Lipinski definition) is 0. The quantitative estimate of drug-likeness (QED) is 0.313. The predicted molar refractivity (Wildman–Crippen MR) is 100 cm³/mol. The van der Waals surface area contributed by atoms with Crippen LogP contribution in [0.2, 0.25) is 0 Å². The van der Waals surface area contributed by atoms with Crippen LogP contribution in [0, 0.1) is 0 Å². The summed E-state index contributed by atoms with van der Waals surface area (Å²) in [7, 11) is 0. The summed E-state index contributed by atoms with van der Waals surface area (Å²) < 4.78 is 21.5. The first-order chi connectivity index (χ1) is 12.7. The predicted octanol–water partition coefficient (Wildman–Crippen LogP) is 5.62. The molecule has 0 fully saturated rings. The Morgan fingerprint density at radius 2 is 1.00 bits per heavy atom. The summed E-state index contributed by atoms with van der Waals surface area (Å²) in [6.07, 6.45) is 3.39. The SMILES string of the molecule is CCCCOc1ccc(OC(=O)Oc2ccc(OCCCC)cc2)cc1. The molecule has 5 heteroatoms. The van der Waals surface area contributed by atoms with E-state index >= 15 is 0 Å². The molecule has 5 nitrogen and oxygen atoms in total. The number of carbonyl (C=O) groups excluding carboxylic acids is 1. The lowest BCUT2D eigenvalue weighted by atomic mass is 10.3. The first kappa shape index (κ1) is 19.6. The molecule has 0 N–H and O–H groups in total. The van der Waals surface area contributed by atoms with Crippen molar-refractivity contribution in [2.24, 2.45) is 0 Å². The molecule has 0 aromatic heterocycles. The van der Waals surface area contributed by atoms with Gasteiger partial charge in [-0.1, -0.05) is 26.7 Å². The number of ether oxygens (including phenoxy) is 4. The van der Waals surface area contributed by atoms with Crippen LogP contribution in [0.4, 0.5) is 4.79 Å². The second-order valence-electron chi connectivity index (χ2n) is 5.80. The summed E-state index contributed by atoms with van der Waals surface area (Å²) in [6.45, 7) is 5.58. The van der Waals surface area contributed by atoms with Gasteiger partial charge in [0.25, 0.3) is 0 Å². The standard InChI is InChI=1S/C21H26O5/c1-3-5-15-23-17-7-11-19(12-8-17)25-21(22)26-20-13-9-18(10-14-20)24-16-6-4-2/h7-14H,3-6,15-16H2,1-2H3. The molecule has 0 atom stereocenters. The van der Waals surface area contributed by atoms with Crippen molar-refractivity contribution >= 4 is 6.16 Å². The van der Waals surface area contributed by atoms with Crippen molar-refractivity contribution in [3.05, 3.63) is 48.5 Å². The van der Waals surface area contributed by atoms with E-state index in [9.17, 15) is 4.79 Å². The largest absolute Gasteiger partial charge is 0.519 e. The molecule has 0 unspecified atom stereocenters. The number of hydrogen-bond acceptors (Lipinski definition) is 5. The van der Waals surface area contributed by atoms with Crippen LogP contribution in [0.25, 0.3) is 0 Å². The van der Waals surface area contributed by atoms with Crippen molar-refractivity contribution in [1.82, 2.24) is 0 Å². The zero-order valence-electron chi connectivity index (χ0n) is 15.4. The molecule has 0 bridgehead atoms. The molecule has 2 aromatic carbocycles. The van der Waals surface area contributed by atoms with Crippen LogP contribution in [0.5, 0.6) is 23.0 Å². The van der Waals surface area contributed by atoms with Crippen LogP contribution >= 0.6 is 0 Å². The molecule has 0 saturated carbocycles. The van der Waals surface area contributed by atoms with Gasteiger partial charge in [0.05, 0.1) is 13.2 Å². The monoisotopic (exact) mass is 358 g/mol. The zero-order chi connectivity index (χ0) is 18.6. The van der Waals surface area contributed by atoms with E-state index in [0.29, 0.717) is 24.7 Å². The molecule has 140 valence electrons. The Labute approximate surface area is 154 Å². The molecular formula is C21H26O5. The summed E-state index contributed by atoms with van der Waals surface area (Å²) in [6, 6.07) is 13.8. The van der Waals surface area contributed by atoms with E-state index in [2.05, 4.69) is 13.8 Å². The van der Waals surface area contributed by atoms with Crippen molar-refractivity contribution in [2.75, 3.05) is 13.2 Å². The molecule has 0 aliphatic carbocycles. The molecule has 0 radical (unpaired) electrons. The van der Waals surface area contributed by atoms with Gasteiger partial charge < -0.3 is 18.9 Å².